The molecular formula is C17H20F3N3OS. The Balaban J connectivity index is 1.96. The summed E-state index contributed by atoms with van der Waals surface area (Å²) in [7, 11) is 1.64. The second kappa shape index (κ2) is 8.75. The molecule has 0 amide bonds. The number of benzene rings is 1. The lowest BCUT2D eigenvalue weighted by atomic mass is 10.1. The normalized spacial score (nSPS) is 12.1. The predicted molar refractivity (Wildman–Crippen MR) is 94.1 cm³/mol. The lowest BCUT2D eigenvalue weighted by Crippen LogP contribution is -2.36. The Morgan fingerprint density at radius 2 is 1.96 bits per heavy atom. The maximum Gasteiger partial charge on any atom is 0.422 e. The van der Waals surface area contributed by atoms with Gasteiger partial charge in [-0.15, -0.1) is 0 Å². The number of hydrogen-bond acceptors (Lipinski definition) is 3. The number of thiophene rings is 1. The van der Waals surface area contributed by atoms with Gasteiger partial charge in [-0.1, -0.05) is 12.1 Å². The highest BCUT2D eigenvalue weighted by atomic mass is 32.1. The summed E-state index contributed by atoms with van der Waals surface area (Å²) in [5.41, 5.74) is 2.60. The first kappa shape index (κ1) is 19.1. The minimum Gasteiger partial charge on any atom is -0.484 e. The molecule has 0 radical (unpaired) electrons. The van der Waals surface area contributed by atoms with Crippen LogP contribution in [0.5, 0.6) is 5.75 Å². The molecule has 2 aromatic rings. The topological polar surface area (TPSA) is 45.7 Å². The third-order valence-electron chi connectivity index (χ3n) is 3.32. The molecule has 1 aromatic carbocycles. The molecule has 2 N–H and O–H groups in total. The third-order valence-corrected chi connectivity index (χ3v) is 4.06. The van der Waals surface area contributed by atoms with Crippen LogP contribution in [0.4, 0.5) is 13.2 Å². The Labute approximate surface area is 148 Å². The fourth-order valence-corrected chi connectivity index (χ4v) is 2.75. The maximum atomic E-state index is 12.4. The number of rotatable bonds is 6. The van der Waals surface area contributed by atoms with E-state index in [2.05, 4.69) is 15.6 Å². The monoisotopic (exact) mass is 371 g/mol. The van der Waals surface area contributed by atoms with Gasteiger partial charge in [0, 0.05) is 25.7 Å². The van der Waals surface area contributed by atoms with Gasteiger partial charge in [0.1, 0.15) is 5.75 Å². The van der Waals surface area contributed by atoms with Gasteiger partial charge >= 0.3 is 6.18 Å². The summed E-state index contributed by atoms with van der Waals surface area (Å²) in [6, 6.07) is 7.19. The Kier molecular flexibility index (Phi) is 6.69. The molecule has 8 heteroatoms. The Morgan fingerprint density at radius 3 is 2.60 bits per heavy atom. The Morgan fingerprint density at radius 1 is 1.20 bits per heavy atom. The Hall–Kier alpha value is -2.22. The van der Waals surface area contributed by atoms with Crippen LogP contribution in [-0.4, -0.2) is 25.8 Å². The fourth-order valence-electron chi connectivity index (χ4n) is 2.08. The van der Waals surface area contributed by atoms with E-state index in [0.29, 0.717) is 24.6 Å². The largest absolute Gasteiger partial charge is 0.484 e. The average molecular weight is 371 g/mol. The molecule has 136 valence electrons. The van der Waals surface area contributed by atoms with Crippen LogP contribution in [0.1, 0.15) is 16.7 Å². The van der Waals surface area contributed by atoms with Crippen molar-refractivity contribution in [2.24, 2.45) is 4.99 Å². The number of halogens is 3. The molecule has 0 spiro atoms. The number of aryl methyl sites for hydroxylation is 1. The molecule has 0 aliphatic carbocycles. The quantitative estimate of drug-likeness (QED) is 0.599. The van der Waals surface area contributed by atoms with Gasteiger partial charge in [0.05, 0.1) is 0 Å². The van der Waals surface area contributed by atoms with Crippen LogP contribution < -0.4 is 15.4 Å². The van der Waals surface area contributed by atoms with Gasteiger partial charge in [-0.05, 0) is 40.9 Å². The van der Waals surface area contributed by atoms with Crippen molar-refractivity contribution in [3.05, 3.63) is 51.7 Å². The van der Waals surface area contributed by atoms with E-state index in [9.17, 15) is 13.2 Å². The van der Waals surface area contributed by atoms with Gasteiger partial charge in [0.25, 0.3) is 0 Å². The van der Waals surface area contributed by atoms with Gasteiger partial charge in [-0.25, -0.2) is 0 Å². The third kappa shape index (κ3) is 6.66. The molecule has 0 unspecified atom stereocenters. The van der Waals surface area contributed by atoms with Crippen molar-refractivity contribution >= 4 is 17.3 Å². The van der Waals surface area contributed by atoms with Gasteiger partial charge in [0.2, 0.25) is 0 Å². The zero-order valence-corrected chi connectivity index (χ0v) is 14.8. The molecule has 0 saturated heterocycles. The van der Waals surface area contributed by atoms with Crippen LogP contribution in [0.3, 0.4) is 0 Å². The Bertz CT molecular complexity index is 700. The lowest BCUT2D eigenvalue weighted by molar-refractivity contribution is -0.153. The smallest absolute Gasteiger partial charge is 0.422 e. The number of nitrogens with one attached hydrogen (secondary N) is 2. The van der Waals surface area contributed by atoms with E-state index in [4.69, 9.17) is 4.74 Å². The summed E-state index contributed by atoms with van der Waals surface area (Å²) in [5, 5.41) is 10.3. The number of nitrogens with zero attached hydrogens (tertiary/aromatic N) is 1. The van der Waals surface area contributed by atoms with Crippen LogP contribution in [0.2, 0.25) is 0 Å². The standard InChI is InChI=1S/C17H20F3N3OS/c1-12-3-4-14(15(7-12)24-11-17(18,19)20)9-23-16(21-2)22-8-13-5-6-25-10-13/h3-7,10H,8-9,11H2,1-2H3,(H2,21,22,23). The summed E-state index contributed by atoms with van der Waals surface area (Å²) >= 11 is 1.61. The number of alkyl halides is 3. The predicted octanol–water partition coefficient (Wildman–Crippen LogP) is 3.86. The average Bonchev–Trinajstić information content (AvgIpc) is 3.07. The maximum absolute atomic E-state index is 12.4. The summed E-state index contributed by atoms with van der Waals surface area (Å²) in [6.45, 7) is 1.42. The van der Waals surface area contributed by atoms with E-state index in [0.717, 1.165) is 11.1 Å². The lowest BCUT2D eigenvalue weighted by Gasteiger charge is -2.16. The van der Waals surface area contributed by atoms with Crippen LogP contribution in [0, 0.1) is 6.92 Å². The minimum atomic E-state index is -4.37. The van der Waals surface area contributed by atoms with E-state index in [-0.39, 0.29) is 5.75 Å². The van der Waals surface area contributed by atoms with E-state index in [1.165, 1.54) is 0 Å². The molecular weight excluding hydrogens is 351 g/mol. The molecule has 0 saturated carbocycles. The van der Waals surface area contributed by atoms with Gasteiger partial charge in [0.15, 0.2) is 12.6 Å². The molecule has 0 atom stereocenters. The van der Waals surface area contributed by atoms with Crippen LogP contribution >= 0.6 is 11.3 Å². The molecule has 0 aliphatic heterocycles. The SMILES string of the molecule is CN=C(NCc1ccsc1)NCc1ccc(C)cc1OCC(F)(F)F. The summed E-state index contributed by atoms with van der Waals surface area (Å²) in [4.78, 5) is 4.11. The molecule has 2 rings (SSSR count). The second-order valence-corrected chi connectivity index (χ2v) is 6.21. The van der Waals surface area contributed by atoms with Crippen LogP contribution in [0.15, 0.2) is 40.0 Å². The van der Waals surface area contributed by atoms with E-state index < -0.39 is 12.8 Å². The highest BCUT2D eigenvalue weighted by molar-refractivity contribution is 7.07. The first-order chi connectivity index (χ1) is 11.9. The summed E-state index contributed by atoms with van der Waals surface area (Å²) in [5.74, 6) is 0.784. The minimum absolute atomic E-state index is 0.220. The van der Waals surface area contributed by atoms with Gasteiger partial charge in [-0.3, -0.25) is 4.99 Å². The van der Waals surface area contributed by atoms with Crippen molar-refractivity contribution in [2.75, 3.05) is 13.7 Å². The molecule has 0 fully saturated rings. The zero-order chi connectivity index (χ0) is 18.3. The number of ether oxygens (including phenoxy) is 1. The van der Waals surface area contributed by atoms with Crippen molar-refractivity contribution in [1.82, 2.24) is 10.6 Å². The highest BCUT2D eigenvalue weighted by Gasteiger charge is 2.28. The highest BCUT2D eigenvalue weighted by Crippen LogP contribution is 2.23. The van der Waals surface area contributed by atoms with Crippen molar-refractivity contribution in [3.63, 3.8) is 0 Å². The zero-order valence-electron chi connectivity index (χ0n) is 14.0. The number of aliphatic imine (C=N–C) groups is 1. The molecule has 0 bridgehead atoms. The van der Waals surface area contributed by atoms with Crippen LogP contribution in [-0.2, 0) is 13.1 Å². The van der Waals surface area contributed by atoms with Crippen LogP contribution in [0.25, 0.3) is 0 Å². The summed E-state index contributed by atoms with van der Waals surface area (Å²) < 4.78 is 42.2. The molecule has 0 aliphatic rings. The van der Waals surface area contributed by atoms with E-state index >= 15 is 0 Å². The first-order valence-corrected chi connectivity index (χ1v) is 8.56. The molecule has 25 heavy (non-hydrogen) atoms. The van der Waals surface area contributed by atoms with Crippen molar-refractivity contribution in [2.45, 2.75) is 26.2 Å². The van der Waals surface area contributed by atoms with Gasteiger partial charge in [-0.2, -0.15) is 24.5 Å². The van der Waals surface area contributed by atoms with Crippen molar-refractivity contribution in [3.8, 4) is 5.75 Å². The van der Waals surface area contributed by atoms with Crippen molar-refractivity contribution in [1.29, 1.82) is 0 Å². The molecule has 4 nitrogen and oxygen atoms in total. The van der Waals surface area contributed by atoms with Crippen molar-refractivity contribution < 1.29 is 17.9 Å². The second-order valence-electron chi connectivity index (χ2n) is 5.43. The summed E-state index contributed by atoms with van der Waals surface area (Å²) in [6.07, 6.45) is -4.37. The number of hydrogen-bond donors (Lipinski definition) is 2. The molecule has 1 heterocycles. The first-order valence-electron chi connectivity index (χ1n) is 7.62. The van der Waals surface area contributed by atoms with E-state index in [1.54, 1.807) is 37.4 Å². The van der Waals surface area contributed by atoms with Gasteiger partial charge < -0.3 is 15.4 Å². The molecule has 1 aromatic heterocycles. The number of guanidine groups is 1. The van der Waals surface area contributed by atoms with E-state index in [1.807, 2.05) is 22.9 Å². The fraction of sp³-hybridized carbons (Fsp3) is 0.353.